The normalized spacial score (nSPS) is 17.3. The number of rotatable bonds is 4. The van der Waals surface area contributed by atoms with Crippen LogP contribution in [0.25, 0.3) is 0 Å². The van der Waals surface area contributed by atoms with Crippen LogP contribution >= 0.6 is 15.9 Å². The third kappa shape index (κ3) is 2.38. The maximum atomic E-state index is 12.2. The molecule has 0 heterocycles. The zero-order valence-electron chi connectivity index (χ0n) is 9.58. The maximum Gasteiger partial charge on any atom is 0.230 e. The fraction of sp³-hybridized carbons (Fsp3) is 0.462. The second kappa shape index (κ2) is 5.19. The molecule has 17 heavy (non-hydrogen) atoms. The van der Waals surface area contributed by atoms with Crippen molar-refractivity contribution in [2.24, 2.45) is 0 Å². The number of aliphatic hydroxyl groups excluding tert-OH is 1. The van der Waals surface area contributed by atoms with Crippen molar-refractivity contribution in [3.05, 3.63) is 34.3 Å². The van der Waals surface area contributed by atoms with Crippen molar-refractivity contribution in [1.82, 2.24) is 5.32 Å². The SMILES string of the molecule is O=C(NCCO)C1(c2ccc(Br)cc2)CCC1. The molecule has 2 rings (SSSR count). The van der Waals surface area contributed by atoms with Gasteiger partial charge < -0.3 is 10.4 Å². The van der Waals surface area contributed by atoms with E-state index in [1.54, 1.807) is 0 Å². The molecule has 0 saturated heterocycles. The van der Waals surface area contributed by atoms with Gasteiger partial charge in [-0.05, 0) is 30.5 Å². The van der Waals surface area contributed by atoms with E-state index in [0.717, 1.165) is 29.3 Å². The Hall–Kier alpha value is -0.870. The summed E-state index contributed by atoms with van der Waals surface area (Å²) in [6, 6.07) is 7.94. The van der Waals surface area contributed by atoms with E-state index >= 15 is 0 Å². The Bertz CT molecular complexity index is 398. The molecule has 4 heteroatoms. The lowest BCUT2D eigenvalue weighted by Gasteiger charge is -2.40. The number of carbonyl (C=O) groups excluding carboxylic acids is 1. The fourth-order valence-electron chi connectivity index (χ4n) is 2.28. The molecule has 0 aliphatic heterocycles. The van der Waals surface area contributed by atoms with E-state index in [1.165, 1.54) is 0 Å². The van der Waals surface area contributed by atoms with E-state index in [-0.39, 0.29) is 17.9 Å². The average molecular weight is 298 g/mol. The van der Waals surface area contributed by atoms with Crippen LogP contribution in [-0.4, -0.2) is 24.2 Å². The summed E-state index contributed by atoms with van der Waals surface area (Å²) in [4.78, 5) is 12.2. The van der Waals surface area contributed by atoms with Crippen LogP contribution in [0.4, 0.5) is 0 Å². The van der Waals surface area contributed by atoms with Gasteiger partial charge in [-0.1, -0.05) is 34.5 Å². The number of halogens is 1. The summed E-state index contributed by atoms with van der Waals surface area (Å²) in [5.74, 6) is 0.0418. The van der Waals surface area contributed by atoms with Crippen LogP contribution in [0.2, 0.25) is 0 Å². The molecule has 1 amide bonds. The molecule has 0 aromatic heterocycles. The smallest absolute Gasteiger partial charge is 0.230 e. The minimum absolute atomic E-state index is 0.0117. The Labute approximate surface area is 109 Å². The Morgan fingerprint density at radius 1 is 1.35 bits per heavy atom. The van der Waals surface area contributed by atoms with E-state index in [0.29, 0.717) is 6.54 Å². The van der Waals surface area contributed by atoms with Gasteiger partial charge in [-0.15, -0.1) is 0 Å². The van der Waals surface area contributed by atoms with Gasteiger partial charge in [-0.2, -0.15) is 0 Å². The number of hydrogen-bond acceptors (Lipinski definition) is 2. The Balaban J connectivity index is 2.19. The molecule has 1 aromatic rings. The number of benzene rings is 1. The topological polar surface area (TPSA) is 49.3 Å². The summed E-state index contributed by atoms with van der Waals surface area (Å²) in [5, 5.41) is 11.5. The Morgan fingerprint density at radius 2 is 2.00 bits per heavy atom. The van der Waals surface area contributed by atoms with Crippen molar-refractivity contribution in [3.8, 4) is 0 Å². The molecule has 0 radical (unpaired) electrons. The van der Waals surface area contributed by atoms with E-state index in [2.05, 4.69) is 21.2 Å². The number of amides is 1. The second-order valence-corrected chi connectivity index (χ2v) is 5.34. The lowest BCUT2D eigenvalue weighted by molar-refractivity contribution is -0.130. The molecular weight excluding hydrogens is 282 g/mol. The van der Waals surface area contributed by atoms with Crippen molar-refractivity contribution >= 4 is 21.8 Å². The van der Waals surface area contributed by atoms with Crippen molar-refractivity contribution in [3.63, 3.8) is 0 Å². The summed E-state index contributed by atoms with van der Waals surface area (Å²) in [6.45, 7) is 0.319. The van der Waals surface area contributed by atoms with Crippen LogP contribution in [0.3, 0.4) is 0 Å². The summed E-state index contributed by atoms with van der Waals surface area (Å²) >= 11 is 3.40. The van der Waals surface area contributed by atoms with Gasteiger partial charge in [0, 0.05) is 11.0 Å². The third-order valence-corrected chi connectivity index (χ3v) is 3.96. The van der Waals surface area contributed by atoms with E-state index in [9.17, 15) is 4.79 Å². The summed E-state index contributed by atoms with van der Waals surface area (Å²) in [6.07, 6.45) is 2.88. The van der Waals surface area contributed by atoms with Crippen LogP contribution in [-0.2, 0) is 10.2 Å². The van der Waals surface area contributed by atoms with Gasteiger partial charge in [0.15, 0.2) is 0 Å². The number of hydrogen-bond donors (Lipinski definition) is 2. The fourth-order valence-corrected chi connectivity index (χ4v) is 2.55. The van der Waals surface area contributed by atoms with Crippen LogP contribution in [0.1, 0.15) is 24.8 Å². The predicted molar refractivity (Wildman–Crippen MR) is 69.8 cm³/mol. The molecule has 2 N–H and O–H groups in total. The Kier molecular flexibility index (Phi) is 3.84. The van der Waals surface area contributed by atoms with Crippen molar-refractivity contribution in [1.29, 1.82) is 0 Å². The first kappa shape index (κ1) is 12.6. The van der Waals surface area contributed by atoms with Crippen molar-refractivity contribution in [2.45, 2.75) is 24.7 Å². The molecule has 0 spiro atoms. The van der Waals surface area contributed by atoms with Crippen molar-refractivity contribution in [2.75, 3.05) is 13.2 Å². The lowest BCUT2D eigenvalue weighted by atomic mass is 9.64. The second-order valence-electron chi connectivity index (χ2n) is 4.42. The van der Waals surface area contributed by atoms with Gasteiger partial charge in [0.25, 0.3) is 0 Å². The third-order valence-electron chi connectivity index (χ3n) is 3.44. The van der Waals surface area contributed by atoms with Gasteiger partial charge in [0.05, 0.1) is 12.0 Å². The molecule has 0 atom stereocenters. The Morgan fingerprint density at radius 3 is 2.47 bits per heavy atom. The van der Waals surface area contributed by atoms with Crippen LogP contribution < -0.4 is 5.32 Å². The number of nitrogens with one attached hydrogen (secondary N) is 1. The molecule has 1 aliphatic rings. The maximum absolute atomic E-state index is 12.2. The largest absolute Gasteiger partial charge is 0.395 e. The first-order valence-corrected chi connectivity index (χ1v) is 6.63. The van der Waals surface area contributed by atoms with E-state index in [1.807, 2.05) is 24.3 Å². The molecule has 1 fully saturated rings. The molecule has 1 aliphatic carbocycles. The van der Waals surface area contributed by atoms with Gasteiger partial charge in [0.2, 0.25) is 5.91 Å². The van der Waals surface area contributed by atoms with Crippen molar-refractivity contribution < 1.29 is 9.90 Å². The average Bonchev–Trinajstić information content (AvgIpc) is 2.27. The summed E-state index contributed by atoms with van der Waals surface area (Å²) < 4.78 is 1.02. The number of aliphatic hydroxyl groups is 1. The van der Waals surface area contributed by atoms with E-state index < -0.39 is 0 Å². The van der Waals surface area contributed by atoms with Crippen LogP contribution in [0.15, 0.2) is 28.7 Å². The predicted octanol–water partition coefficient (Wildman–Crippen LogP) is 1.98. The highest BCUT2D eigenvalue weighted by Gasteiger charge is 2.45. The van der Waals surface area contributed by atoms with Gasteiger partial charge >= 0.3 is 0 Å². The standard InChI is InChI=1S/C13H16BrNO2/c14-11-4-2-10(3-5-11)13(6-1-7-13)12(17)15-8-9-16/h2-5,16H,1,6-9H2,(H,15,17). The zero-order valence-corrected chi connectivity index (χ0v) is 11.2. The molecular formula is C13H16BrNO2. The van der Waals surface area contributed by atoms with Gasteiger partial charge in [-0.25, -0.2) is 0 Å². The first-order valence-electron chi connectivity index (χ1n) is 5.84. The molecule has 0 unspecified atom stereocenters. The minimum Gasteiger partial charge on any atom is -0.395 e. The van der Waals surface area contributed by atoms with E-state index in [4.69, 9.17) is 5.11 Å². The van der Waals surface area contributed by atoms with Crippen LogP contribution in [0.5, 0.6) is 0 Å². The molecule has 92 valence electrons. The highest BCUT2D eigenvalue weighted by Crippen LogP contribution is 2.44. The van der Waals surface area contributed by atoms with Gasteiger partial charge in [0.1, 0.15) is 0 Å². The lowest BCUT2D eigenvalue weighted by Crippen LogP contribution is -2.49. The quantitative estimate of drug-likeness (QED) is 0.893. The van der Waals surface area contributed by atoms with Crippen LogP contribution in [0, 0.1) is 0 Å². The molecule has 3 nitrogen and oxygen atoms in total. The summed E-state index contributed by atoms with van der Waals surface area (Å²) in [7, 11) is 0. The highest BCUT2D eigenvalue weighted by molar-refractivity contribution is 9.10. The zero-order chi connectivity index (χ0) is 12.3. The number of carbonyl (C=O) groups is 1. The molecule has 1 saturated carbocycles. The van der Waals surface area contributed by atoms with Gasteiger partial charge in [-0.3, -0.25) is 4.79 Å². The summed E-state index contributed by atoms with van der Waals surface area (Å²) in [5.41, 5.74) is 0.706. The minimum atomic E-state index is -0.365. The molecule has 0 bridgehead atoms. The first-order chi connectivity index (χ1) is 8.19. The monoisotopic (exact) mass is 297 g/mol. The molecule has 1 aromatic carbocycles. The highest BCUT2D eigenvalue weighted by atomic mass is 79.9.